The van der Waals surface area contributed by atoms with E-state index in [9.17, 15) is 9.59 Å². The lowest BCUT2D eigenvalue weighted by Crippen LogP contribution is -2.48. The second kappa shape index (κ2) is 6.08. The van der Waals surface area contributed by atoms with Gasteiger partial charge in [0.1, 0.15) is 0 Å². The molecule has 2 bridgehead atoms. The molecule has 120 valence electrons. The van der Waals surface area contributed by atoms with Gasteiger partial charge in [0.25, 0.3) is 0 Å². The highest BCUT2D eigenvalue weighted by Crippen LogP contribution is 2.34. The van der Waals surface area contributed by atoms with Crippen molar-refractivity contribution in [2.24, 2.45) is 0 Å². The van der Waals surface area contributed by atoms with Gasteiger partial charge < -0.3 is 15.3 Å². The number of fused-ring (bicyclic) bond motifs is 2. The minimum Gasteiger partial charge on any atom is -0.478 e. The molecule has 7 heteroatoms. The molecule has 1 aromatic heterocycles. The first-order chi connectivity index (χ1) is 10.5. The first-order valence-electron chi connectivity index (χ1n) is 7.80. The smallest absolute Gasteiger partial charge is 0.338 e. The van der Waals surface area contributed by atoms with E-state index >= 15 is 0 Å². The van der Waals surface area contributed by atoms with Crippen molar-refractivity contribution in [1.29, 1.82) is 0 Å². The third-order valence-corrected chi connectivity index (χ3v) is 4.91. The zero-order valence-corrected chi connectivity index (χ0v) is 12.7. The molecule has 7 nitrogen and oxygen atoms in total. The number of carboxylic acids is 1. The summed E-state index contributed by atoms with van der Waals surface area (Å²) in [5, 5.41) is 15.9. The van der Waals surface area contributed by atoms with Crippen LogP contribution in [0.5, 0.6) is 0 Å². The summed E-state index contributed by atoms with van der Waals surface area (Å²) in [6.07, 6.45) is 7.60. The van der Waals surface area contributed by atoms with Crippen LogP contribution in [0.15, 0.2) is 12.4 Å². The van der Waals surface area contributed by atoms with Crippen LogP contribution in [0.4, 0.5) is 0 Å². The molecule has 2 aliphatic heterocycles. The Kier molecular flexibility index (Phi) is 4.15. The number of nitrogens with zero attached hydrogens (tertiary/aromatic N) is 3. The molecule has 3 rings (SSSR count). The number of carbonyl (C=O) groups is 2. The number of hydrogen-bond acceptors (Lipinski definition) is 4. The second-order valence-corrected chi connectivity index (χ2v) is 6.33. The third kappa shape index (κ3) is 3.14. The maximum Gasteiger partial charge on any atom is 0.338 e. The minimum absolute atomic E-state index is 0.0151. The highest BCUT2D eigenvalue weighted by molar-refractivity contribution is 5.86. The largest absolute Gasteiger partial charge is 0.478 e. The SMILES string of the molecule is CN1C2CCC1CC(NC(=O)CCn1cc(C(=O)O)cn1)C2. The van der Waals surface area contributed by atoms with E-state index in [1.165, 1.54) is 29.9 Å². The number of hydrogen-bond donors (Lipinski definition) is 2. The van der Waals surface area contributed by atoms with Crippen molar-refractivity contribution < 1.29 is 14.7 Å². The number of nitrogens with one attached hydrogen (secondary N) is 1. The van der Waals surface area contributed by atoms with Gasteiger partial charge in [0.05, 0.1) is 11.8 Å². The Balaban J connectivity index is 1.45. The zero-order chi connectivity index (χ0) is 15.7. The predicted molar refractivity (Wildman–Crippen MR) is 79.5 cm³/mol. The number of carboxylic acid groups (broad SMARTS) is 1. The number of carbonyl (C=O) groups excluding carboxylic acids is 1. The van der Waals surface area contributed by atoms with Crippen LogP contribution < -0.4 is 5.32 Å². The number of aromatic carboxylic acids is 1. The van der Waals surface area contributed by atoms with E-state index in [0.717, 1.165) is 12.8 Å². The van der Waals surface area contributed by atoms with E-state index in [0.29, 0.717) is 25.0 Å². The Hall–Kier alpha value is -1.89. The zero-order valence-electron chi connectivity index (χ0n) is 12.7. The number of amides is 1. The Bertz CT molecular complexity index is 557. The van der Waals surface area contributed by atoms with Crippen molar-refractivity contribution in [1.82, 2.24) is 20.0 Å². The van der Waals surface area contributed by atoms with Gasteiger partial charge in [-0.2, -0.15) is 5.10 Å². The van der Waals surface area contributed by atoms with Crippen molar-refractivity contribution in [2.75, 3.05) is 7.05 Å². The van der Waals surface area contributed by atoms with Gasteiger partial charge >= 0.3 is 5.97 Å². The van der Waals surface area contributed by atoms with Crippen molar-refractivity contribution in [3.05, 3.63) is 18.0 Å². The molecule has 2 aliphatic rings. The van der Waals surface area contributed by atoms with Crippen LogP contribution in [0.3, 0.4) is 0 Å². The van der Waals surface area contributed by atoms with Gasteiger partial charge in [-0.1, -0.05) is 0 Å². The molecule has 2 unspecified atom stereocenters. The Morgan fingerprint density at radius 1 is 1.36 bits per heavy atom. The summed E-state index contributed by atoms with van der Waals surface area (Å²) >= 11 is 0. The molecule has 1 amide bonds. The van der Waals surface area contributed by atoms with Crippen LogP contribution in [0.2, 0.25) is 0 Å². The fourth-order valence-corrected chi connectivity index (χ4v) is 3.64. The molecule has 0 aliphatic carbocycles. The Labute approximate surface area is 129 Å². The van der Waals surface area contributed by atoms with Crippen LogP contribution in [-0.4, -0.2) is 56.8 Å². The van der Waals surface area contributed by atoms with Crippen LogP contribution in [0, 0.1) is 0 Å². The van der Waals surface area contributed by atoms with Crippen LogP contribution in [0.1, 0.15) is 42.5 Å². The van der Waals surface area contributed by atoms with Crippen molar-refractivity contribution in [3.63, 3.8) is 0 Å². The molecule has 2 fully saturated rings. The quantitative estimate of drug-likeness (QED) is 0.836. The van der Waals surface area contributed by atoms with Gasteiger partial charge in [-0.3, -0.25) is 9.48 Å². The molecule has 3 heterocycles. The van der Waals surface area contributed by atoms with Gasteiger partial charge in [0.2, 0.25) is 5.91 Å². The monoisotopic (exact) mass is 306 g/mol. The minimum atomic E-state index is -1.00. The lowest BCUT2D eigenvalue weighted by molar-refractivity contribution is -0.122. The van der Waals surface area contributed by atoms with Gasteiger partial charge in [0.15, 0.2) is 0 Å². The van der Waals surface area contributed by atoms with Gasteiger partial charge in [-0.25, -0.2) is 4.79 Å². The normalized spacial score (nSPS) is 27.8. The Morgan fingerprint density at radius 2 is 2.05 bits per heavy atom. The lowest BCUT2D eigenvalue weighted by atomic mass is 9.98. The van der Waals surface area contributed by atoms with E-state index in [1.807, 2.05) is 0 Å². The molecular formula is C15H22N4O3. The van der Waals surface area contributed by atoms with Crippen LogP contribution in [-0.2, 0) is 11.3 Å². The average molecular weight is 306 g/mol. The first-order valence-corrected chi connectivity index (χ1v) is 7.80. The summed E-state index contributed by atoms with van der Waals surface area (Å²) in [5.74, 6) is -0.987. The molecule has 2 N–H and O–H groups in total. The van der Waals surface area contributed by atoms with Gasteiger partial charge in [-0.05, 0) is 32.7 Å². The second-order valence-electron chi connectivity index (χ2n) is 6.33. The van der Waals surface area contributed by atoms with E-state index < -0.39 is 5.97 Å². The van der Waals surface area contributed by atoms with Crippen LogP contribution >= 0.6 is 0 Å². The topological polar surface area (TPSA) is 87.5 Å². The Morgan fingerprint density at radius 3 is 2.64 bits per heavy atom. The highest BCUT2D eigenvalue weighted by atomic mass is 16.4. The summed E-state index contributed by atoms with van der Waals surface area (Å²) in [7, 11) is 2.18. The maximum absolute atomic E-state index is 12.1. The van der Waals surface area contributed by atoms with Gasteiger partial charge in [0, 0.05) is 37.3 Å². The molecular weight excluding hydrogens is 284 g/mol. The van der Waals surface area contributed by atoms with Crippen molar-refractivity contribution in [2.45, 2.75) is 56.8 Å². The number of aromatic nitrogens is 2. The summed E-state index contributed by atoms with van der Waals surface area (Å²) in [4.78, 5) is 25.3. The molecule has 2 saturated heterocycles. The number of piperidine rings is 1. The molecule has 0 aromatic carbocycles. The van der Waals surface area contributed by atoms with Crippen molar-refractivity contribution in [3.8, 4) is 0 Å². The average Bonchev–Trinajstić information content (AvgIpc) is 3.01. The predicted octanol–water partition coefficient (Wildman–Crippen LogP) is 0.713. The van der Waals surface area contributed by atoms with E-state index in [4.69, 9.17) is 5.11 Å². The van der Waals surface area contributed by atoms with E-state index in [1.54, 1.807) is 0 Å². The standard InChI is InChI=1S/C15H22N4O3/c1-18-12-2-3-13(18)7-11(6-12)17-14(20)4-5-19-9-10(8-16-19)15(21)22/h8-9,11-13H,2-7H2,1H3,(H,17,20)(H,21,22). The van der Waals surface area contributed by atoms with Crippen molar-refractivity contribution >= 4 is 11.9 Å². The fraction of sp³-hybridized carbons (Fsp3) is 0.667. The first kappa shape index (κ1) is 15.0. The molecule has 0 spiro atoms. The molecule has 0 saturated carbocycles. The van der Waals surface area contributed by atoms with Crippen LogP contribution in [0.25, 0.3) is 0 Å². The summed E-state index contributed by atoms with van der Waals surface area (Å²) in [6, 6.07) is 1.48. The van der Waals surface area contributed by atoms with E-state index in [2.05, 4.69) is 22.4 Å². The molecule has 22 heavy (non-hydrogen) atoms. The summed E-state index contributed by atoms with van der Waals surface area (Å²) in [5.41, 5.74) is 0.146. The summed E-state index contributed by atoms with van der Waals surface area (Å²) < 4.78 is 1.50. The van der Waals surface area contributed by atoms with Gasteiger partial charge in [-0.15, -0.1) is 0 Å². The summed E-state index contributed by atoms with van der Waals surface area (Å²) in [6.45, 7) is 0.401. The van der Waals surface area contributed by atoms with E-state index in [-0.39, 0.29) is 17.5 Å². The highest BCUT2D eigenvalue weighted by Gasteiger charge is 2.38. The fourth-order valence-electron chi connectivity index (χ4n) is 3.64. The number of rotatable bonds is 5. The maximum atomic E-state index is 12.1. The molecule has 2 atom stereocenters. The molecule has 0 radical (unpaired) electrons. The number of aryl methyl sites for hydroxylation is 1. The lowest BCUT2D eigenvalue weighted by Gasteiger charge is -2.36. The molecule has 1 aromatic rings. The third-order valence-electron chi connectivity index (χ3n) is 4.91.